The minimum Gasteiger partial charge on any atom is -0.493 e. The number of ether oxygens (including phenoxy) is 3. The van der Waals surface area contributed by atoms with Crippen LogP contribution < -0.4 is 19.5 Å². The summed E-state index contributed by atoms with van der Waals surface area (Å²) >= 11 is 0. The van der Waals surface area contributed by atoms with Crippen molar-refractivity contribution in [3.05, 3.63) is 47.5 Å². The van der Waals surface area contributed by atoms with Crippen LogP contribution in [0.4, 0.5) is 0 Å². The summed E-state index contributed by atoms with van der Waals surface area (Å²) in [5.74, 6) is 0.768. The molecular weight excluding hydrogens is 398 g/mol. The van der Waals surface area contributed by atoms with Gasteiger partial charge in [-0.3, -0.25) is 4.79 Å². The van der Waals surface area contributed by atoms with Crippen molar-refractivity contribution in [2.75, 3.05) is 33.6 Å². The molecule has 0 spiro atoms. The lowest BCUT2D eigenvalue weighted by molar-refractivity contribution is 0.0833. The number of nitrogens with one attached hydrogen (secondary N) is 1. The summed E-state index contributed by atoms with van der Waals surface area (Å²) in [5.41, 5.74) is 0.854. The molecular formula is C20H25NO7S. The van der Waals surface area contributed by atoms with Crippen LogP contribution in [0, 0.1) is 6.92 Å². The van der Waals surface area contributed by atoms with Gasteiger partial charge < -0.3 is 24.6 Å². The SMILES string of the molecule is COc1cccc(OC)c1OCC(O)CNC(=O)c1cc(S(C)(=O)=O)ccc1C. The summed E-state index contributed by atoms with van der Waals surface area (Å²) in [4.78, 5) is 12.5. The molecule has 0 aliphatic carbocycles. The van der Waals surface area contributed by atoms with Gasteiger partial charge in [-0.2, -0.15) is 0 Å². The monoisotopic (exact) mass is 423 g/mol. The van der Waals surface area contributed by atoms with Crippen molar-refractivity contribution in [1.82, 2.24) is 5.32 Å². The fourth-order valence-corrected chi connectivity index (χ4v) is 3.23. The van der Waals surface area contributed by atoms with E-state index in [0.717, 1.165) is 6.26 Å². The van der Waals surface area contributed by atoms with Crippen molar-refractivity contribution < 1.29 is 32.5 Å². The summed E-state index contributed by atoms with van der Waals surface area (Å²) in [5, 5.41) is 12.8. The van der Waals surface area contributed by atoms with Gasteiger partial charge in [-0.15, -0.1) is 0 Å². The molecule has 2 aromatic carbocycles. The second kappa shape index (κ2) is 9.62. The van der Waals surface area contributed by atoms with Gasteiger partial charge in [0, 0.05) is 18.4 Å². The number of aliphatic hydroxyl groups is 1. The molecule has 0 aromatic heterocycles. The molecule has 0 aliphatic heterocycles. The Hall–Kier alpha value is -2.78. The van der Waals surface area contributed by atoms with Crippen molar-refractivity contribution in [2.45, 2.75) is 17.9 Å². The summed E-state index contributed by atoms with van der Waals surface area (Å²) in [6.45, 7) is 1.51. The zero-order valence-electron chi connectivity index (χ0n) is 16.8. The van der Waals surface area contributed by atoms with Gasteiger partial charge in [0.1, 0.15) is 12.7 Å². The Morgan fingerprint density at radius 2 is 1.76 bits per heavy atom. The number of carbonyl (C=O) groups is 1. The van der Waals surface area contributed by atoms with Crippen LogP contribution in [-0.2, 0) is 9.84 Å². The first-order valence-corrected chi connectivity index (χ1v) is 10.7. The molecule has 8 nitrogen and oxygen atoms in total. The molecule has 0 saturated heterocycles. The first kappa shape index (κ1) is 22.5. The van der Waals surface area contributed by atoms with E-state index in [1.807, 2.05) is 0 Å². The van der Waals surface area contributed by atoms with Crippen LogP contribution in [-0.4, -0.2) is 59.2 Å². The van der Waals surface area contributed by atoms with Gasteiger partial charge in [0.15, 0.2) is 21.3 Å². The van der Waals surface area contributed by atoms with Gasteiger partial charge >= 0.3 is 0 Å². The summed E-state index contributed by atoms with van der Waals surface area (Å²) in [6.07, 6.45) is 0.0685. The first-order chi connectivity index (χ1) is 13.7. The van der Waals surface area contributed by atoms with Crippen LogP contribution in [0.15, 0.2) is 41.3 Å². The van der Waals surface area contributed by atoms with Crippen molar-refractivity contribution in [3.63, 3.8) is 0 Å². The maximum Gasteiger partial charge on any atom is 0.251 e. The largest absolute Gasteiger partial charge is 0.493 e. The number of rotatable bonds is 9. The number of para-hydroxylation sites is 1. The maximum atomic E-state index is 12.4. The van der Waals surface area contributed by atoms with E-state index < -0.39 is 21.8 Å². The van der Waals surface area contributed by atoms with Gasteiger partial charge in [0.2, 0.25) is 5.75 Å². The molecule has 9 heteroatoms. The van der Waals surface area contributed by atoms with Crippen LogP contribution in [0.25, 0.3) is 0 Å². The lowest BCUT2D eigenvalue weighted by atomic mass is 10.1. The van der Waals surface area contributed by atoms with Gasteiger partial charge in [-0.25, -0.2) is 8.42 Å². The number of sulfone groups is 1. The highest BCUT2D eigenvalue weighted by molar-refractivity contribution is 7.90. The maximum absolute atomic E-state index is 12.4. The number of aryl methyl sites for hydroxylation is 1. The van der Waals surface area contributed by atoms with Gasteiger partial charge in [-0.1, -0.05) is 12.1 Å². The second-order valence-electron chi connectivity index (χ2n) is 6.42. The molecule has 0 saturated carbocycles. The third-order valence-corrected chi connectivity index (χ3v) is 5.29. The average molecular weight is 423 g/mol. The average Bonchev–Trinajstić information content (AvgIpc) is 2.69. The first-order valence-electron chi connectivity index (χ1n) is 8.78. The van der Waals surface area contributed by atoms with E-state index in [-0.39, 0.29) is 23.6 Å². The van der Waals surface area contributed by atoms with Crippen molar-refractivity contribution in [2.24, 2.45) is 0 Å². The fourth-order valence-electron chi connectivity index (χ4n) is 2.58. The van der Waals surface area contributed by atoms with E-state index in [0.29, 0.717) is 22.8 Å². The number of methoxy groups -OCH3 is 2. The van der Waals surface area contributed by atoms with Crippen LogP contribution >= 0.6 is 0 Å². The van der Waals surface area contributed by atoms with Gasteiger partial charge in [0.25, 0.3) is 5.91 Å². The van der Waals surface area contributed by atoms with Crippen molar-refractivity contribution in [3.8, 4) is 17.2 Å². The second-order valence-corrected chi connectivity index (χ2v) is 8.43. The fraction of sp³-hybridized carbons (Fsp3) is 0.350. The molecule has 0 bridgehead atoms. The number of hydrogen-bond acceptors (Lipinski definition) is 7. The highest BCUT2D eigenvalue weighted by Crippen LogP contribution is 2.36. The molecule has 1 unspecified atom stereocenters. The van der Waals surface area contributed by atoms with Crippen LogP contribution in [0.2, 0.25) is 0 Å². The standard InChI is InChI=1S/C20H25NO7S/c1-13-8-9-15(29(4,24)25)10-16(13)20(23)21-11-14(22)12-28-19-17(26-2)6-5-7-18(19)27-3/h5-10,14,22H,11-12H2,1-4H3,(H,21,23). The minimum absolute atomic E-state index is 0.0559. The molecule has 2 N–H and O–H groups in total. The lowest BCUT2D eigenvalue weighted by Gasteiger charge is -2.17. The molecule has 1 atom stereocenters. The number of carbonyl (C=O) groups excluding carboxylic acids is 1. The van der Waals surface area contributed by atoms with Crippen LogP contribution in [0.1, 0.15) is 15.9 Å². The summed E-state index contributed by atoms with van der Waals surface area (Å²) in [7, 11) is -0.450. The van der Waals surface area contributed by atoms with Gasteiger partial charge in [-0.05, 0) is 36.8 Å². The Labute approximate surface area is 170 Å². The highest BCUT2D eigenvalue weighted by Gasteiger charge is 2.17. The lowest BCUT2D eigenvalue weighted by Crippen LogP contribution is -2.35. The van der Waals surface area contributed by atoms with E-state index in [1.54, 1.807) is 31.2 Å². The molecule has 0 radical (unpaired) electrons. The number of benzene rings is 2. The molecule has 29 heavy (non-hydrogen) atoms. The zero-order valence-corrected chi connectivity index (χ0v) is 17.6. The minimum atomic E-state index is -3.43. The Morgan fingerprint density at radius 1 is 1.14 bits per heavy atom. The van der Waals surface area contributed by atoms with E-state index in [2.05, 4.69) is 5.32 Å². The molecule has 0 fully saturated rings. The third kappa shape index (κ3) is 5.85. The van der Waals surface area contributed by atoms with Crippen molar-refractivity contribution >= 4 is 15.7 Å². The Balaban J connectivity index is 2.00. The topological polar surface area (TPSA) is 111 Å². The van der Waals surface area contributed by atoms with Crippen LogP contribution in [0.5, 0.6) is 17.2 Å². The van der Waals surface area contributed by atoms with Crippen molar-refractivity contribution in [1.29, 1.82) is 0 Å². The smallest absolute Gasteiger partial charge is 0.251 e. The van der Waals surface area contributed by atoms with E-state index in [4.69, 9.17) is 14.2 Å². The Kier molecular flexibility index (Phi) is 7.46. The number of hydrogen-bond donors (Lipinski definition) is 2. The van der Waals surface area contributed by atoms with E-state index >= 15 is 0 Å². The number of amides is 1. The molecule has 2 aromatic rings. The van der Waals surface area contributed by atoms with E-state index in [9.17, 15) is 18.3 Å². The van der Waals surface area contributed by atoms with Gasteiger partial charge in [0.05, 0.1) is 19.1 Å². The Morgan fingerprint density at radius 3 is 2.31 bits per heavy atom. The molecule has 0 heterocycles. The quantitative estimate of drug-likeness (QED) is 0.630. The predicted molar refractivity (Wildman–Crippen MR) is 108 cm³/mol. The zero-order chi connectivity index (χ0) is 21.6. The molecule has 1 amide bonds. The third-order valence-electron chi connectivity index (χ3n) is 4.18. The summed E-state index contributed by atoms with van der Waals surface area (Å²) < 4.78 is 39.5. The molecule has 158 valence electrons. The van der Waals surface area contributed by atoms with E-state index in [1.165, 1.54) is 26.4 Å². The normalized spacial score (nSPS) is 12.2. The predicted octanol–water partition coefficient (Wildman–Crippen LogP) is 1.59. The Bertz CT molecular complexity index is 951. The number of aliphatic hydroxyl groups excluding tert-OH is 1. The molecule has 2 rings (SSSR count). The summed E-state index contributed by atoms with van der Waals surface area (Å²) in [6, 6.07) is 9.48. The molecule has 0 aliphatic rings. The van der Waals surface area contributed by atoms with Crippen LogP contribution in [0.3, 0.4) is 0 Å². The highest BCUT2D eigenvalue weighted by atomic mass is 32.2.